The Morgan fingerprint density at radius 1 is 0.667 bits per heavy atom. The van der Waals surface area contributed by atoms with Gasteiger partial charge in [-0.2, -0.15) is 0 Å². The summed E-state index contributed by atoms with van der Waals surface area (Å²) < 4.78 is 0. The van der Waals surface area contributed by atoms with Gasteiger partial charge in [-0.25, -0.2) is 0 Å². The van der Waals surface area contributed by atoms with Crippen molar-refractivity contribution in [1.82, 2.24) is 0 Å². The highest BCUT2D eigenvalue weighted by Crippen LogP contribution is 2.67. The normalized spacial score (nSPS) is 33.2. The number of rotatable bonds is 4. The first-order chi connectivity index (χ1) is 18.8. The van der Waals surface area contributed by atoms with E-state index in [1.165, 1.54) is 38.5 Å². The molecule has 4 saturated carbocycles. The Morgan fingerprint density at radius 3 is 1.67 bits per heavy atom. The Kier molecular flexibility index (Phi) is 29.8. The van der Waals surface area contributed by atoms with Crippen molar-refractivity contribution < 1.29 is 5.11 Å². The molecule has 4 aliphatic carbocycles. The molecule has 0 aliphatic heterocycles. The number of aliphatic hydroxyl groups excluding tert-OH is 1. The second-order valence-electron chi connectivity index (χ2n) is 12.3. The van der Waals surface area contributed by atoms with Gasteiger partial charge in [0.15, 0.2) is 0 Å². The maximum absolute atomic E-state index is 7.99. The van der Waals surface area contributed by atoms with Gasteiger partial charge in [-0.1, -0.05) is 129 Å². The third kappa shape index (κ3) is 13.2. The summed E-state index contributed by atoms with van der Waals surface area (Å²) >= 11 is 0. The standard InChI is InChI=1S/C22H38.C3H9NO.2C3H8.3C2H6/c1-4-7-16-10-12-19-18-11-9-17-8-5-6-14-21(17,2)20(18)13-15-22(16,19)3;4-2-1-3-5;2*1-3-2;3*1-2/h16-20H,4-15H2,1-3H3;5H,1-4H2;2*3H2,1-2H3;3*1-2H3/t16-,17?,18?,19?,20?,21-,22?;;;;;;/m0....../s1. The Morgan fingerprint density at radius 2 is 1.21 bits per heavy atom. The van der Waals surface area contributed by atoms with Crippen molar-refractivity contribution in [3.63, 3.8) is 0 Å². The summed E-state index contributed by atoms with van der Waals surface area (Å²) in [6, 6.07) is 0. The molecule has 4 aliphatic rings. The molecule has 3 N–H and O–H groups in total. The minimum atomic E-state index is 0.219. The molecule has 2 heteroatoms. The zero-order valence-electron chi connectivity index (χ0n) is 29.9. The summed E-state index contributed by atoms with van der Waals surface area (Å²) in [5.74, 6) is 5.41. The summed E-state index contributed by atoms with van der Waals surface area (Å²) in [6.07, 6.45) is 21.7. The van der Waals surface area contributed by atoms with Gasteiger partial charge in [0.2, 0.25) is 0 Å². The van der Waals surface area contributed by atoms with E-state index >= 15 is 0 Å². The van der Waals surface area contributed by atoms with E-state index in [-0.39, 0.29) is 6.61 Å². The number of fused-ring (bicyclic) bond motifs is 5. The highest BCUT2D eigenvalue weighted by Gasteiger charge is 2.59. The lowest BCUT2D eigenvalue weighted by Crippen LogP contribution is -2.52. The maximum Gasteiger partial charge on any atom is 0.0443 e. The number of nitrogens with two attached hydrogens (primary N) is 1. The predicted molar refractivity (Wildman–Crippen MR) is 181 cm³/mol. The molecule has 240 valence electrons. The minimum Gasteiger partial charge on any atom is -0.396 e. The van der Waals surface area contributed by atoms with Crippen LogP contribution in [0, 0.1) is 40.4 Å². The zero-order chi connectivity index (χ0) is 30.9. The lowest BCUT2D eigenvalue weighted by molar-refractivity contribution is -0.111. The first kappa shape index (κ1) is 43.4. The summed E-state index contributed by atoms with van der Waals surface area (Å²) in [6.45, 7) is 29.1. The van der Waals surface area contributed by atoms with Crippen molar-refractivity contribution in [2.75, 3.05) is 13.2 Å². The topological polar surface area (TPSA) is 46.2 Å². The van der Waals surface area contributed by atoms with E-state index in [1.807, 2.05) is 41.5 Å². The van der Waals surface area contributed by atoms with Gasteiger partial charge >= 0.3 is 0 Å². The van der Waals surface area contributed by atoms with Crippen molar-refractivity contribution in [3.05, 3.63) is 0 Å². The molecule has 0 spiro atoms. The summed E-state index contributed by atoms with van der Waals surface area (Å²) in [7, 11) is 0. The Balaban J connectivity index is -0.000000641. The van der Waals surface area contributed by atoms with Crippen LogP contribution in [0.25, 0.3) is 0 Å². The smallest absolute Gasteiger partial charge is 0.0443 e. The van der Waals surface area contributed by atoms with E-state index in [9.17, 15) is 0 Å². The van der Waals surface area contributed by atoms with Crippen LogP contribution in [-0.4, -0.2) is 18.3 Å². The molecular formula is C37H81NO. The van der Waals surface area contributed by atoms with Crippen molar-refractivity contribution >= 4 is 0 Å². The van der Waals surface area contributed by atoms with Crippen LogP contribution in [-0.2, 0) is 0 Å². The van der Waals surface area contributed by atoms with Crippen molar-refractivity contribution in [1.29, 1.82) is 0 Å². The third-order valence-electron chi connectivity index (χ3n) is 9.78. The number of hydrogen-bond donors (Lipinski definition) is 2. The van der Waals surface area contributed by atoms with Gasteiger partial charge < -0.3 is 10.8 Å². The molecule has 0 heterocycles. The molecule has 7 atom stereocenters. The molecule has 0 amide bonds. The Bertz CT molecular complexity index is 490. The van der Waals surface area contributed by atoms with Crippen molar-refractivity contribution in [2.45, 2.75) is 186 Å². The monoisotopic (exact) mass is 556 g/mol. The van der Waals surface area contributed by atoms with E-state index < -0.39 is 0 Å². The fourth-order valence-electron chi connectivity index (χ4n) is 8.32. The molecule has 0 saturated heterocycles. The van der Waals surface area contributed by atoms with E-state index in [0.717, 1.165) is 46.8 Å². The molecule has 0 aromatic rings. The summed E-state index contributed by atoms with van der Waals surface area (Å²) in [5, 5.41) is 7.99. The highest BCUT2D eigenvalue weighted by molar-refractivity contribution is 5.08. The molecular weight excluding hydrogens is 474 g/mol. The highest BCUT2D eigenvalue weighted by atomic mass is 16.3. The molecule has 4 rings (SSSR count). The predicted octanol–water partition coefficient (Wildman–Crippen LogP) is 12.1. The molecule has 0 bridgehead atoms. The molecule has 4 fully saturated rings. The van der Waals surface area contributed by atoms with Crippen LogP contribution in [0.15, 0.2) is 0 Å². The second-order valence-corrected chi connectivity index (χ2v) is 12.3. The fraction of sp³-hybridized carbons (Fsp3) is 1.00. The second kappa shape index (κ2) is 26.8. The van der Waals surface area contributed by atoms with Gasteiger partial charge in [0, 0.05) is 6.61 Å². The van der Waals surface area contributed by atoms with Crippen molar-refractivity contribution in [3.8, 4) is 0 Å². The molecule has 0 aromatic heterocycles. The minimum absolute atomic E-state index is 0.219. The SMILES string of the molecule is CC.CC.CC.CCC.CCC.CCC[C@H]1CCC2C3CCC4CCCC[C@]4(C)C3CCC21C.NCCCO. The van der Waals surface area contributed by atoms with E-state index in [4.69, 9.17) is 10.8 Å². The quantitative estimate of drug-likeness (QED) is 0.362. The maximum atomic E-state index is 7.99. The summed E-state index contributed by atoms with van der Waals surface area (Å²) in [5.41, 5.74) is 6.42. The van der Waals surface area contributed by atoms with Crippen LogP contribution in [0.5, 0.6) is 0 Å². The number of hydrogen-bond acceptors (Lipinski definition) is 2. The van der Waals surface area contributed by atoms with Gasteiger partial charge in [-0.3, -0.25) is 0 Å². The van der Waals surface area contributed by atoms with E-state index in [0.29, 0.717) is 6.54 Å². The van der Waals surface area contributed by atoms with Gasteiger partial charge in [0.1, 0.15) is 0 Å². The molecule has 5 unspecified atom stereocenters. The van der Waals surface area contributed by atoms with Crippen LogP contribution in [0.2, 0.25) is 0 Å². The van der Waals surface area contributed by atoms with E-state index in [2.05, 4.69) is 48.5 Å². The van der Waals surface area contributed by atoms with Gasteiger partial charge in [0.25, 0.3) is 0 Å². The molecule has 2 nitrogen and oxygen atoms in total. The first-order valence-electron chi connectivity index (χ1n) is 18.1. The third-order valence-corrected chi connectivity index (χ3v) is 9.78. The molecule has 0 aromatic carbocycles. The van der Waals surface area contributed by atoms with E-state index in [1.54, 1.807) is 51.4 Å². The van der Waals surface area contributed by atoms with Gasteiger partial charge in [0.05, 0.1) is 0 Å². The molecule has 0 radical (unpaired) electrons. The fourth-order valence-corrected chi connectivity index (χ4v) is 8.32. The zero-order valence-corrected chi connectivity index (χ0v) is 29.9. The van der Waals surface area contributed by atoms with Crippen LogP contribution < -0.4 is 5.73 Å². The van der Waals surface area contributed by atoms with Crippen LogP contribution in [0.4, 0.5) is 0 Å². The number of aliphatic hydroxyl groups is 1. The largest absolute Gasteiger partial charge is 0.396 e. The van der Waals surface area contributed by atoms with Crippen LogP contribution >= 0.6 is 0 Å². The van der Waals surface area contributed by atoms with Crippen molar-refractivity contribution in [2.24, 2.45) is 46.2 Å². The lowest BCUT2D eigenvalue weighted by atomic mass is 9.45. The summed E-state index contributed by atoms with van der Waals surface area (Å²) in [4.78, 5) is 0. The lowest BCUT2D eigenvalue weighted by Gasteiger charge is -2.60. The Hall–Kier alpha value is -0.0800. The average Bonchev–Trinajstić information content (AvgIpc) is 3.30. The molecule has 39 heavy (non-hydrogen) atoms. The van der Waals surface area contributed by atoms with Gasteiger partial charge in [-0.05, 0) is 105 Å². The first-order valence-corrected chi connectivity index (χ1v) is 18.1. The Labute approximate surface area is 250 Å². The average molecular weight is 556 g/mol. The van der Waals surface area contributed by atoms with Crippen LogP contribution in [0.3, 0.4) is 0 Å². The van der Waals surface area contributed by atoms with Crippen LogP contribution in [0.1, 0.15) is 186 Å². The van der Waals surface area contributed by atoms with Gasteiger partial charge in [-0.15, -0.1) is 0 Å².